The highest BCUT2D eigenvalue weighted by Gasteiger charge is 2.40. The van der Waals surface area contributed by atoms with Gasteiger partial charge in [-0.2, -0.15) is 0 Å². The van der Waals surface area contributed by atoms with Gasteiger partial charge in [-0.25, -0.2) is 19.9 Å². The minimum atomic E-state index is -0.472. The van der Waals surface area contributed by atoms with Crippen molar-refractivity contribution in [2.45, 2.75) is 47.9 Å². The van der Waals surface area contributed by atoms with Gasteiger partial charge in [-0.05, 0) is 76.2 Å². The van der Waals surface area contributed by atoms with Crippen LogP contribution in [0.4, 0.5) is 46.0 Å². The van der Waals surface area contributed by atoms with Crippen LogP contribution in [-0.4, -0.2) is 59.2 Å². The molecule has 0 amide bonds. The lowest BCUT2D eigenvalue weighted by Gasteiger charge is -2.31. The van der Waals surface area contributed by atoms with Crippen molar-refractivity contribution in [2.75, 3.05) is 46.9 Å². The average molecular weight is 745 g/mol. The van der Waals surface area contributed by atoms with Crippen LogP contribution in [0.3, 0.4) is 0 Å². The first-order valence-corrected chi connectivity index (χ1v) is 18.1. The molecule has 12 nitrogen and oxygen atoms in total. The van der Waals surface area contributed by atoms with E-state index in [1.165, 1.54) is 0 Å². The molecule has 7 rings (SSSR count). The summed E-state index contributed by atoms with van der Waals surface area (Å²) < 4.78 is 21.3. The van der Waals surface area contributed by atoms with Gasteiger partial charge in [-0.15, -0.1) is 0 Å². The Morgan fingerprint density at radius 1 is 0.491 bits per heavy atom. The summed E-state index contributed by atoms with van der Waals surface area (Å²) in [7, 11) is 0. The molecule has 3 heterocycles. The number of rotatable bonds is 14. The first kappa shape index (κ1) is 41.8. The van der Waals surface area contributed by atoms with Gasteiger partial charge in [0, 0.05) is 74.0 Å². The third kappa shape index (κ3) is 12.0. The Labute approximate surface area is 325 Å². The predicted molar refractivity (Wildman–Crippen MR) is 221 cm³/mol. The third-order valence-corrected chi connectivity index (χ3v) is 7.62. The van der Waals surface area contributed by atoms with E-state index in [2.05, 4.69) is 64.6 Å². The van der Waals surface area contributed by atoms with Crippen molar-refractivity contribution >= 4 is 46.0 Å². The number of anilines is 8. The van der Waals surface area contributed by atoms with Gasteiger partial charge in [0.05, 0.1) is 0 Å². The highest BCUT2D eigenvalue weighted by atomic mass is 16.8. The molecule has 6 aromatic rings. The van der Waals surface area contributed by atoms with Crippen molar-refractivity contribution in [1.29, 1.82) is 0 Å². The molecule has 1 aliphatic heterocycles. The Balaban J connectivity index is 0.000000197. The molecule has 12 heteroatoms. The second-order valence-electron chi connectivity index (χ2n) is 11.3. The van der Waals surface area contributed by atoms with Gasteiger partial charge in [0.2, 0.25) is 6.35 Å². The van der Waals surface area contributed by atoms with Gasteiger partial charge >= 0.3 is 0 Å². The number of nitrogens with one attached hydrogen (secondary N) is 2. The molecule has 0 aliphatic carbocycles. The van der Waals surface area contributed by atoms with Crippen LogP contribution in [0.15, 0.2) is 146 Å². The lowest BCUT2D eigenvalue weighted by Crippen LogP contribution is -2.40. The molecule has 0 atom stereocenters. The molecular formula is C43H52N8O4. The van der Waals surface area contributed by atoms with Crippen LogP contribution in [0, 0.1) is 0 Å². The van der Waals surface area contributed by atoms with E-state index in [9.17, 15) is 0 Å². The van der Waals surface area contributed by atoms with Crippen molar-refractivity contribution < 1.29 is 18.9 Å². The maximum atomic E-state index is 6.09. The summed E-state index contributed by atoms with van der Waals surface area (Å²) in [5.74, 6) is 2.99. The zero-order valence-electron chi connectivity index (χ0n) is 31.2. The molecule has 288 valence electrons. The van der Waals surface area contributed by atoms with E-state index in [1.54, 1.807) is 24.8 Å². The van der Waals surface area contributed by atoms with Gasteiger partial charge in [-0.1, -0.05) is 80.2 Å². The monoisotopic (exact) mass is 744 g/mol. The lowest BCUT2D eigenvalue weighted by molar-refractivity contribution is -0.282. The lowest BCUT2D eigenvalue weighted by atomic mass is 10.3. The molecule has 2 aromatic heterocycles. The molecule has 0 saturated carbocycles. The van der Waals surface area contributed by atoms with Crippen LogP contribution in [0.25, 0.3) is 0 Å². The molecule has 0 radical (unpaired) electrons. The van der Waals surface area contributed by atoms with Crippen LogP contribution in [0.2, 0.25) is 0 Å². The van der Waals surface area contributed by atoms with Gasteiger partial charge in [0.15, 0.2) is 23.3 Å². The fraction of sp³-hybridized carbons (Fsp3) is 0.256. The van der Waals surface area contributed by atoms with Crippen molar-refractivity contribution in [3.63, 3.8) is 0 Å². The summed E-state index contributed by atoms with van der Waals surface area (Å²) in [6.07, 6.45) is 6.44. The minimum Gasteiger partial charge on any atom is -0.340 e. The topological polar surface area (TPSA) is 119 Å². The second kappa shape index (κ2) is 23.0. The van der Waals surface area contributed by atoms with Crippen LogP contribution in [0.1, 0.15) is 35.1 Å². The second-order valence-corrected chi connectivity index (χ2v) is 11.3. The number of nitrogens with zero attached hydrogens (tertiary/aromatic N) is 6. The number of benzene rings is 4. The molecular weight excluding hydrogens is 693 g/mol. The number of hydrogen-bond acceptors (Lipinski definition) is 12. The zero-order valence-corrected chi connectivity index (χ0v) is 31.2. The van der Waals surface area contributed by atoms with Gasteiger partial charge in [0.25, 0.3) is 6.48 Å². The molecule has 0 spiro atoms. The molecule has 4 aromatic carbocycles. The van der Waals surface area contributed by atoms with E-state index in [4.69, 9.17) is 18.9 Å². The summed E-state index contributed by atoms with van der Waals surface area (Å²) >= 11 is 0. The molecule has 0 saturated heterocycles. The first-order valence-electron chi connectivity index (χ1n) is 18.1. The van der Waals surface area contributed by atoms with E-state index in [0.29, 0.717) is 38.1 Å². The average Bonchev–Trinajstić information content (AvgIpc) is 3.55. The number of aromatic nitrogens is 4. The standard InChI is InChI=1S/C19H18N4O.C16H14N4.C7H16O3.CH4/c1-2-24-19-22(15-9-5-3-6-10-15)17-18(21-14-13-20-17)23(19)16-11-7-4-8-12-16;1-3-7-13(8-4-1)19-15-16(18-12-11-17-15)20-14-9-5-2-6-10-14;1-4-8-7(9-5-2)10-6-3;/h3-14,19H,2H2,1H3;1-12H,(H,17,19)(H,18,20);7H,4-6H2,1-3H3;1H4. The van der Waals surface area contributed by atoms with Crippen molar-refractivity contribution in [2.24, 2.45) is 0 Å². The SMILES string of the molecule is C.CCOC(OCC)OCC.CCOC1N(c2ccccc2)c2nccnc2N1c1ccccc1.c1ccc(Nc2nccnc2Nc2ccccc2)cc1. The summed E-state index contributed by atoms with van der Waals surface area (Å²) in [5, 5.41) is 6.51. The quantitative estimate of drug-likeness (QED) is 0.103. The van der Waals surface area contributed by atoms with E-state index < -0.39 is 6.48 Å². The van der Waals surface area contributed by atoms with Gasteiger partial charge < -0.3 is 29.6 Å². The Morgan fingerprint density at radius 3 is 1.18 bits per heavy atom. The maximum Gasteiger partial charge on any atom is 0.271 e. The van der Waals surface area contributed by atoms with Crippen molar-refractivity contribution in [1.82, 2.24) is 19.9 Å². The number of hydrogen-bond donors (Lipinski definition) is 2. The predicted octanol–water partition coefficient (Wildman–Crippen LogP) is 10.1. The molecule has 2 N–H and O–H groups in total. The normalized spacial score (nSPS) is 11.7. The van der Waals surface area contributed by atoms with Crippen LogP contribution >= 0.6 is 0 Å². The Morgan fingerprint density at radius 2 is 0.836 bits per heavy atom. The molecule has 0 bridgehead atoms. The summed E-state index contributed by atoms with van der Waals surface area (Å²) in [6, 6.07) is 40.1. The smallest absolute Gasteiger partial charge is 0.271 e. The maximum absolute atomic E-state index is 6.09. The molecule has 55 heavy (non-hydrogen) atoms. The highest BCUT2D eigenvalue weighted by Crippen LogP contribution is 2.45. The van der Waals surface area contributed by atoms with Gasteiger partial charge in [0.1, 0.15) is 0 Å². The fourth-order valence-electron chi connectivity index (χ4n) is 5.35. The van der Waals surface area contributed by atoms with E-state index in [0.717, 1.165) is 34.4 Å². The first-order chi connectivity index (χ1) is 26.7. The highest BCUT2D eigenvalue weighted by molar-refractivity contribution is 5.82. The fourth-order valence-corrected chi connectivity index (χ4v) is 5.35. The minimum absolute atomic E-state index is 0. The Kier molecular flexibility index (Phi) is 17.5. The number of para-hydroxylation sites is 4. The largest absolute Gasteiger partial charge is 0.340 e. The Bertz CT molecular complexity index is 1770. The van der Waals surface area contributed by atoms with Crippen molar-refractivity contribution in [3.05, 3.63) is 146 Å². The van der Waals surface area contributed by atoms with Crippen LogP contribution in [0.5, 0.6) is 0 Å². The van der Waals surface area contributed by atoms with E-state index in [-0.39, 0.29) is 13.8 Å². The van der Waals surface area contributed by atoms with Crippen LogP contribution in [-0.2, 0) is 18.9 Å². The molecule has 1 aliphatic rings. The molecule has 0 fully saturated rings. The number of fused-ring (bicyclic) bond motifs is 1. The zero-order chi connectivity index (χ0) is 37.8. The number of ether oxygens (including phenoxy) is 4. The summed E-state index contributed by atoms with van der Waals surface area (Å²) in [5.41, 5.74) is 4.00. The van der Waals surface area contributed by atoms with E-state index in [1.807, 2.05) is 125 Å². The Hall–Kier alpha value is -5.92. The van der Waals surface area contributed by atoms with Crippen molar-refractivity contribution in [3.8, 4) is 0 Å². The van der Waals surface area contributed by atoms with Crippen LogP contribution < -0.4 is 20.4 Å². The summed E-state index contributed by atoms with van der Waals surface area (Å²) in [6.45, 7) is 9.68. The van der Waals surface area contributed by atoms with Gasteiger partial charge in [-0.3, -0.25) is 9.80 Å². The van der Waals surface area contributed by atoms with E-state index >= 15 is 0 Å². The molecule has 0 unspecified atom stereocenters. The third-order valence-electron chi connectivity index (χ3n) is 7.62. The summed E-state index contributed by atoms with van der Waals surface area (Å²) in [4.78, 5) is 22.0.